The van der Waals surface area contributed by atoms with Crippen molar-refractivity contribution in [3.8, 4) is 11.5 Å². The molecule has 1 heterocycles. The number of hydrogen-bond donors (Lipinski definition) is 0. The van der Waals surface area contributed by atoms with Crippen molar-refractivity contribution in [2.75, 3.05) is 13.2 Å². The highest BCUT2D eigenvalue weighted by atomic mass is 35.5. The highest BCUT2D eigenvalue weighted by Crippen LogP contribution is 2.35. The molecule has 4 rings (SSSR count). The number of rotatable bonds is 9. The minimum atomic E-state index is -0.520. The van der Waals surface area contributed by atoms with Gasteiger partial charge in [-0.1, -0.05) is 41.4 Å². The van der Waals surface area contributed by atoms with Gasteiger partial charge >= 0.3 is 0 Å². The van der Waals surface area contributed by atoms with E-state index in [1.165, 1.54) is 0 Å². The Bertz CT molecular complexity index is 1320. The monoisotopic (exact) mass is 541 g/mol. The fraction of sp³-hybridized carbons (Fsp3) is 0.148. The third-order valence-electron chi connectivity index (χ3n) is 5.21. The minimum Gasteiger partial charge on any atom is -0.490 e. The zero-order valence-electron chi connectivity index (χ0n) is 19.2. The summed E-state index contributed by atoms with van der Waals surface area (Å²) in [6.45, 7) is 2.27. The van der Waals surface area contributed by atoms with Gasteiger partial charge in [0, 0.05) is 15.6 Å². The van der Waals surface area contributed by atoms with Gasteiger partial charge in [0.2, 0.25) is 0 Å². The number of halogens is 2. The molecule has 1 saturated heterocycles. The summed E-state index contributed by atoms with van der Waals surface area (Å²) < 4.78 is 11.7. The second-order valence-electron chi connectivity index (χ2n) is 7.75. The van der Waals surface area contributed by atoms with Crippen LogP contribution in [0.1, 0.15) is 28.4 Å². The van der Waals surface area contributed by atoms with Crippen LogP contribution in [0.3, 0.4) is 0 Å². The van der Waals surface area contributed by atoms with Gasteiger partial charge in [-0.25, -0.2) is 0 Å². The first kappa shape index (κ1) is 25.8. The Morgan fingerprint density at radius 1 is 0.917 bits per heavy atom. The molecular formula is C27H21Cl2NO5S. The molecule has 184 valence electrons. The van der Waals surface area contributed by atoms with Crippen LogP contribution in [-0.2, 0) is 11.4 Å². The highest BCUT2D eigenvalue weighted by Gasteiger charge is 2.36. The van der Waals surface area contributed by atoms with Crippen LogP contribution in [0.25, 0.3) is 6.08 Å². The van der Waals surface area contributed by atoms with E-state index >= 15 is 0 Å². The lowest BCUT2D eigenvalue weighted by Gasteiger charge is -2.13. The molecule has 0 aliphatic carbocycles. The Labute approximate surface area is 222 Å². The summed E-state index contributed by atoms with van der Waals surface area (Å²) in [6, 6.07) is 18.9. The van der Waals surface area contributed by atoms with Crippen LogP contribution in [0.2, 0.25) is 10.0 Å². The maximum absolute atomic E-state index is 12.9. The van der Waals surface area contributed by atoms with Crippen LogP contribution < -0.4 is 9.47 Å². The smallest absolute Gasteiger partial charge is 0.293 e. The van der Waals surface area contributed by atoms with Gasteiger partial charge in [0.15, 0.2) is 17.3 Å². The number of carbonyl (C=O) groups excluding carboxylic acids is 3. The molecule has 1 aliphatic rings. The summed E-state index contributed by atoms with van der Waals surface area (Å²) >= 11 is 12.6. The van der Waals surface area contributed by atoms with Crippen molar-refractivity contribution in [2.24, 2.45) is 0 Å². The Hall–Kier alpha value is -3.26. The normalized spacial score (nSPS) is 14.4. The Morgan fingerprint density at radius 2 is 1.58 bits per heavy atom. The first-order chi connectivity index (χ1) is 17.3. The summed E-state index contributed by atoms with van der Waals surface area (Å²) in [5.74, 6) is 0.187. The van der Waals surface area contributed by atoms with E-state index < -0.39 is 11.1 Å². The molecule has 0 aromatic heterocycles. The molecule has 0 radical (unpaired) electrons. The van der Waals surface area contributed by atoms with E-state index in [9.17, 15) is 14.4 Å². The molecule has 3 aromatic carbocycles. The lowest BCUT2D eigenvalue weighted by molar-refractivity contribution is -0.122. The standard InChI is InChI=1S/C27H21Cl2NO5S/c1-2-34-24-13-18(5-12-23(24)35-16-17-3-8-20(28)9-4-17)14-25-26(32)30(27(33)36-25)15-22(31)19-6-10-21(29)11-7-19/h3-14H,2,15-16H2,1H3/b25-14+. The van der Waals surface area contributed by atoms with E-state index in [0.29, 0.717) is 45.9 Å². The number of imide groups is 1. The van der Waals surface area contributed by atoms with Gasteiger partial charge in [-0.3, -0.25) is 19.3 Å². The van der Waals surface area contributed by atoms with Gasteiger partial charge in [0.25, 0.3) is 11.1 Å². The van der Waals surface area contributed by atoms with Crippen LogP contribution in [0.4, 0.5) is 4.79 Å². The Kier molecular flexibility index (Phi) is 8.36. The molecule has 0 saturated carbocycles. The van der Waals surface area contributed by atoms with Crippen molar-refractivity contribution in [2.45, 2.75) is 13.5 Å². The maximum Gasteiger partial charge on any atom is 0.293 e. The summed E-state index contributed by atoms with van der Waals surface area (Å²) in [5, 5.41) is 0.645. The van der Waals surface area contributed by atoms with Crippen LogP contribution in [-0.4, -0.2) is 35.0 Å². The number of thioether (sulfide) groups is 1. The molecule has 1 aliphatic heterocycles. The molecule has 6 nitrogen and oxygen atoms in total. The summed E-state index contributed by atoms with van der Waals surface area (Å²) in [7, 11) is 0. The van der Waals surface area contributed by atoms with Crippen molar-refractivity contribution < 1.29 is 23.9 Å². The molecule has 36 heavy (non-hydrogen) atoms. The van der Waals surface area contributed by atoms with Gasteiger partial charge in [0.05, 0.1) is 18.1 Å². The van der Waals surface area contributed by atoms with Crippen molar-refractivity contribution in [3.63, 3.8) is 0 Å². The van der Waals surface area contributed by atoms with E-state index in [-0.39, 0.29) is 17.2 Å². The molecule has 0 unspecified atom stereocenters. The third kappa shape index (κ3) is 6.29. The van der Waals surface area contributed by atoms with E-state index in [0.717, 1.165) is 22.2 Å². The number of hydrogen-bond acceptors (Lipinski definition) is 6. The summed E-state index contributed by atoms with van der Waals surface area (Å²) in [5.41, 5.74) is 1.98. The van der Waals surface area contributed by atoms with Crippen molar-refractivity contribution >= 4 is 58.0 Å². The van der Waals surface area contributed by atoms with E-state index in [1.54, 1.807) is 60.7 Å². The largest absolute Gasteiger partial charge is 0.490 e. The predicted molar refractivity (Wildman–Crippen MR) is 142 cm³/mol. The number of amides is 2. The lowest BCUT2D eigenvalue weighted by atomic mass is 10.1. The zero-order chi connectivity index (χ0) is 25.7. The fourth-order valence-corrected chi connectivity index (χ4v) is 4.49. The molecule has 0 atom stereocenters. The molecule has 1 fully saturated rings. The zero-order valence-corrected chi connectivity index (χ0v) is 21.5. The van der Waals surface area contributed by atoms with Crippen LogP contribution in [0.5, 0.6) is 11.5 Å². The average Bonchev–Trinajstić information content (AvgIpc) is 3.12. The van der Waals surface area contributed by atoms with Crippen LogP contribution >= 0.6 is 35.0 Å². The molecular weight excluding hydrogens is 521 g/mol. The van der Waals surface area contributed by atoms with E-state index in [1.807, 2.05) is 19.1 Å². The predicted octanol–water partition coefficient (Wildman–Crippen LogP) is 6.89. The number of Topliss-reactive ketones (excluding diaryl/α,β-unsaturated/α-hetero) is 1. The van der Waals surface area contributed by atoms with Gasteiger partial charge in [-0.15, -0.1) is 0 Å². The molecule has 0 spiro atoms. The number of ketones is 1. The molecule has 2 amide bonds. The molecule has 0 N–H and O–H groups in total. The summed E-state index contributed by atoms with van der Waals surface area (Å²) in [4.78, 5) is 39.1. The molecule has 3 aromatic rings. The topological polar surface area (TPSA) is 72.9 Å². The second kappa shape index (κ2) is 11.6. The van der Waals surface area contributed by atoms with Crippen molar-refractivity contribution in [3.05, 3.63) is 98.4 Å². The second-order valence-corrected chi connectivity index (χ2v) is 9.62. The number of carbonyl (C=O) groups is 3. The minimum absolute atomic E-state index is 0.223. The first-order valence-electron chi connectivity index (χ1n) is 11.0. The van der Waals surface area contributed by atoms with Gasteiger partial charge in [-0.2, -0.15) is 0 Å². The van der Waals surface area contributed by atoms with Gasteiger partial charge in [0.1, 0.15) is 6.61 Å². The Morgan fingerprint density at radius 3 is 2.25 bits per heavy atom. The number of benzene rings is 3. The van der Waals surface area contributed by atoms with E-state index in [4.69, 9.17) is 32.7 Å². The average molecular weight is 542 g/mol. The van der Waals surface area contributed by atoms with Crippen molar-refractivity contribution in [1.29, 1.82) is 0 Å². The number of ether oxygens (including phenoxy) is 2. The van der Waals surface area contributed by atoms with Crippen molar-refractivity contribution in [1.82, 2.24) is 4.90 Å². The summed E-state index contributed by atoms with van der Waals surface area (Å²) in [6.07, 6.45) is 1.60. The molecule has 9 heteroatoms. The number of nitrogens with zero attached hydrogens (tertiary/aromatic N) is 1. The maximum atomic E-state index is 12.9. The van der Waals surface area contributed by atoms with E-state index in [2.05, 4.69) is 0 Å². The lowest BCUT2D eigenvalue weighted by Crippen LogP contribution is -2.33. The van der Waals surface area contributed by atoms with Gasteiger partial charge in [-0.05, 0) is 84.4 Å². The SMILES string of the molecule is CCOc1cc(/C=C2/SC(=O)N(CC(=O)c3ccc(Cl)cc3)C2=O)ccc1OCc1ccc(Cl)cc1. The van der Waals surface area contributed by atoms with Crippen LogP contribution in [0.15, 0.2) is 71.6 Å². The first-order valence-corrected chi connectivity index (χ1v) is 12.6. The van der Waals surface area contributed by atoms with Crippen LogP contribution in [0, 0.1) is 0 Å². The third-order valence-corrected chi connectivity index (χ3v) is 6.63. The molecule has 0 bridgehead atoms. The quantitative estimate of drug-likeness (QED) is 0.217. The highest BCUT2D eigenvalue weighted by molar-refractivity contribution is 8.18. The fourth-order valence-electron chi connectivity index (χ4n) is 3.40. The van der Waals surface area contributed by atoms with Gasteiger partial charge < -0.3 is 9.47 Å². The Balaban J connectivity index is 1.48.